The number of carbonyl (C=O) groups excluding carboxylic acids is 1. The van der Waals surface area contributed by atoms with Crippen LogP contribution in [0.5, 0.6) is 5.75 Å². The van der Waals surface area contributed by atoms with Gasteiger partial charge in [0.2, 0.25) is 0 Å². The molecule has 1 aromatic rings. The second-order valence-electron chi connectivity index (χ2n) is 6.61. The van der Waals surface area contributed by atoms with E-state index < -0.39 is 0 Å². The summed E-state index contributed by atoms with van der Waals surface area (Å²) in [4.78, 5) is 11.9. The van der Waals surface area contributed by atoms with E-state index in [-0.39, 0.29) is 17.3 Å². The number of carbonyl (C=O) groups is 1. The van der Waals surface area contributed by atoms with Crippen LogP contribution in [-0.2, 0) is 21.4 Å². The lowest BCUT2D eigenvalue weighted by Crippen LogP contribution is -2.19. The van der Waals surface area contributed by atoms with Crippen molar-refractivity contribution in [3.8, 4) is 5.75 Å². The van der Waals surface area contributed by atoms with E-state index in [9.17, 15) is 4.79 Å². The summed E-state index contributed by atoms with van der Waals surface area (Å²) < 4.78 is 10.7. The molecule has 1 unspecified atom stereocenters. The third-order valence-electron chi connectivity index (χ3n) is 3.54. The van der Waals surface area contributed by atoms with Gasteiger partial charge in [-0.25, -0.2) is 0 Å². The van der Waals surface area contributed by atoms with Crippen LogP contribution in [0.25, 0.3) is 0 Å². The van der Waals surface area contributed by atoms with Crippen LogP contribution in [0.3, 0.4) is 0 Å². The van der Waals surface area contributed by atoms with E-state index in [4.69, 9.17) is 9.47 Å². The van der Waals surface area contributed by atoms with Crippen molar-refractivity contribution in [3.05, 3.63) is 28.8 Å². The Balaban J connectivity index is 3.18. The highest BCUT2D eigenvalue weighted by molar-refractivity contribution is 5.72. The second kappa shape index (κ2) is 6.97. The molecule has 0 spiro atoms. The van der Waals surface area contributed by atoms with E-state index in [1.54, 1.807) is 7.11 Å². The van der Waals surface area contributed by atoms with E-state index in [0.29, 0.717) is 13.0 Å². The van der Waals surface area contributed by atoms with Gasteiger partial charge in [0.1, 0.15) is 5.75 Å². The van der Waals surface area contributed by atoms with Crippen molar-refractivity contribution in [2.24, 2.45) is 5.92 Å². The molecule has 0 aromatic heterocycles. The summed E-state index contributed by atoms with van der Waals surface area (Å²) in [5.74, 6) is 0.566. The Morgan fingerprint density at radius 1 is 1.29 bits per heavy atom. The van der Waals surface area contributed by atoms with Crippen LogP contribution in [0.2, 0.25) is 0 Å². The van der Waals surface area contributed by atoms with Crippen molar-refractivity contribution in [3.63, 3.8) is 0 Å². The summed E-state index contributed by atoms with van der Waals surface area (Å²) in [7, 11) is 1.69. The summed E-state index contributed by atoms with van der Waals surface area (Å²) in [6, 6.07) is 4.27. The molecule has 21 heavy (non-hydrogen) atoms. The molecule has 0 aliphatic heterocycles. The van der Waals surface area contributed by atoms with E-state index >= 15 is 0 Å². The fraction of sp³-hybridized carbons (Fsp3) is 0.611. The van der Waals surface area contributed by atoms with Crippen molar-refractivity contribution in [2.45, 2.75) is 53.4 Å². The summed E-state index contributed by atoms with van der Waals surface area (Å²) in [5, 5.41) is 0. The molecule has 118 valence electrons. The molecule has 1 atom stereocenters. The van der Waals surface area contributed by atoms with Gasteiger partial charge in [-0.1, -0.05) is 45.4 Å². The molecule has 0 N–H and O–H groups in total. The van der Waals surface area contributed by atoms with Crippen LogP contribution in [0.1, 0.15) is 51.3 Å². The van der Waals surface area contributed by atoms with Crippen LogP contribution < -0.4 is 4.74 Å². The molecule has 0 saturated carbocycles. The Labute approximate surface area is 128 Å². The summed E-state index contributed by atoms with van der Waals surface area (Å²) >= 11 is 0. The summed E-state index contributed by atoms with van der Waals surface area (Å²) in [5.41, 5.74) is 3.44. The first-order chi connectivity index (χ1) is 9.70. The second-order valence-corrected chi connectivity index (χ2v) is 6.61. The Bertz CT molecular complexity index is 498. The largest absolute Gasteiger partial charge is 0.496 e. The number of aryl methyl sites for hydroxylation is 1. The minimum Gasteiger partial charge on any atom is -0.496 e. The van der Waals surface area contributed by atoms with Crippen LogP contribution >= 0.6 is 0 Å². The quantitative estimate of drug-likeness (QED) is 0.768. The molecule has 3 nitrogen and oxygen atoms in total. The van der Waals surface area contributed by atoms with E-state index in [1.807, 2.05) is 13.8 Å². The zero-order valence-electron chi connectivity index (χ0n) is 14.4. The first kappa shape index (κ1) is 17.5. The maximum atomic E-state index is 11.9. The Kier molecular flexibility index (Phi) is 5.82. The number of hydrogen-bond donors (Lipinski definition) is 0. The van der Waals surface area contributed by atoms with E-state index in [2.05, 4.69) is 39.8 Å². The Morgan fingerprint density at radius 3 is 2.38 bits per heavy atom. The standard InChI is InChI=1S/C18H28O3/c1-8-21-17(19)13(3)11-14-9-12(2)10-15(16(14)20-7)18(4,5)6/h9-10,13H,8,11H2,1-7H3. The fourth-order valence-corrected chi connectivity index (χ4v) is 2.50. The molecule has 0 aliphatic rings. The predicted molar refractivity (Wildman–Crippen MR) is 85.9 cm³/mol. The lowest BCUT2D eigenvalue weighted by molar-refractivity contribution is -0.147. The zero-order chi connectivity index (χ0) is 16.2. The van der Waals surface area contributed by atoms with E-state index in [0.717, 1.165) is 11.3 Å². The number of benzene rings is 1. The van der Waals surface area contributed by atoms with Gasteiger partial charge in [0, 0.05) is 5.56 Å². The third kappa shape index (κ3) is 4.48. The van der Waals surface area contributed by atoms with E-state index in [1.165, 1.54) is 11.1 Å². The average Bonchev–Trinajstić information content (AvgIpc) is 2.37. The molecule has 0 aliphatic carbocycles. The highest BCUT2D eigenvalue weighted by Gasteiger charge is 2.24. The smallest absolute Gasteiger partial charge is 0.308 e. The van der Waals surface area contributed by atoms with Gasteiger partial charge in [0.15, 0.2) is 0 Å². The Morgan fingerprint density at radius 2 is 1.90 bits per heavy atom. The summed E-state index contributed by atoms with van der Waals surface area (Å²) in [6.45, 7) is 12.7. The molecule has 0 bridgehead atoms. The molecule has 0 fully saturated rings. The van der Waals surface area contributed by atoms with Crippen molar-refractivity contribution in [1.82, 2.24) is 0 Å². The van der Waals surface area contributed by atoms with Crippen molar-refractivity contribution >= 4 is 5.97 Å². The van der Waals surface area contributed by atoms with Gasteiger partial charge in [0.25, 0.3) is 0 Å². The normalized spacial score (nSPS) is 12.9. The topological polar surface area (TPSA) is 35.5 Å². The maximum absolute atomic E-state index is 11.9. The van der Waals surface area contributed by atoms with Gasteiger partial charge in [-0.3, -0.25) is 4.79 Å². The minimum atomic E-state index is -0.173. The Hall–Kier alpha value is -1.51. The maximum Gasteiger partial charge on any atom is 0.308 e. The molecule has 0 saturated heterocycles. The molecule has 1 rings (SSSR count). The number of hydrogen-bond acceptors (Lipinski definition) is 3. The molecule has 0 radical (unpaired) electrons. The number of methoxy groups -OCH3 is 1. The molecular weight excluding hydrogens is 264 g/mol. The third-order valence-corrected chi connectivity index (χ3v) is 3.54. The molecular formula is C18H28O3. The summed E-state index contributed by atoms with van der Waals surface area (Å²) in [6.07, 6.45) is 0.632. The highest BCUT2D eigenvalue weighted by Crippen LogP contribution is 2.36. The zero-order valence-corrected chi connectivity index (χ0v) is 14.4. The first-order valence-corrected chi connectivity index (χ1v) is 7.55. The number of ether oxygens (including phenoxy) is 2. The van der Waals surface area contributed by atoms with Gasteiger partial charge < -0.3 is 9.47 Å². The van der Waals surface area contributed by atoms with Gasteiger partial charge in [-0.05, 0) is 31.2 Å². The fourth-order valence-electron chi connectivity index (χ4n) is 2.50. The monoisotopic (exact) mass is 292 g/mol. The lowest BCUT2D eigenvalue weighted by atomic mass is 9.83. The molecule has 0 amide bonds. The van der Waals surface area contributed by atoms with Crippen molar-refractivity contribution in [2.75, 3.05) is 13.7 Å². The van der Waals surface area contributed by atoms with Crippen LogP contribution in [0, 0.1) is 12.8 Å². The van der Waals surface area contributed by atoms with Crippen LogP contribution in [-0.4, -0.2) is 19.7 Å². The van der Waals surface area contributed by atoms with Gasteiger partial charge in [-0.15, -0.1) is 0 Å². The van der Waals surface area contributed by atoms with Gasteiger partial charge in [-0.2, -0.15) is 0 Å². The highest BCUT2D eigenvalue weighted by atomic mass is 16.5. The van der Waals surface area contributed by atoms with Crippen LogP contribution in [0.15, 0.2) is 12.1 Å². The number of esters is 1. The molecule has 1 aromatic carbocycles. The average molecular weight is 292 g/mol. The van der Waals surface area contributed by atoms with Gasteiger partial charge in [0.05, 0.1) is 19.6 Å². The van der Waals surface area contributed by atoms with Crippen molar-refractivity contribution < 1.29 is 14.3 Å². The lowest BCUT2D eigenvalue weighted by Gasteiger charge is -2.25. The minimum absolute atomic E-state index is 0.000715. The molecule has 3 heteroatoms. The molecule has 0 heterocycles. The first-order valence-electron chi connectivity index (χ1n) is 7.55. The SMILES string of the molecule is CCOC(=O)C(C)Cc1cc(C)cc(C(C)(C)C)c1OC. The number of rotatable bonds is 5. The predicted octanol–water partition coefficient (Wildman–Crippen LogP) is 4.04. The van der Waals surface area contributed by atoms with Crippen molar-refractivity contribution in [1.29, 1.82) is 0 Å². The van der Waals surface area contributed by atoms with Gasteiger partial charge >= 0.3 is 5.97 Å². The van der Waals surface area contributed by atoms with Crippen LogP contribution in [0.4, 0.5) is 0 Å².